The van der Waals surface area contributed by atoms with Gasteiger partial charge in [0, 0.05) is 39.3 Å². The molecule has 3 N–H and O–H groups in total. The number of rotatable bonds is 7. The number of benzene rings is 1. The van der Waals surface area contributed by atoms with E-state index in [9.17, 15) is 14.0 Å². The Labute approximate surface area is 154 Å². The summed E-state index contributed by atoms with van der Waals surface area (Å²) in [5.41, 5.74) is 6.04. The van der Waals surface area contributed by atoms with Gasteiger partial charge in [0.1, 0.15) is 5.82 Å². The van der Waals surface area contributed by atoms with E-state index in [1.54, 1.807) is 12.1 Å². The molecule has 0 spiro atoms. The summed E-state index contributed by atoms with van der Waals surface area (Å²) < 4.78 is 13.6. The zero-order valence-corrected chi connectivity index (χ0v) is 15.6. The molecule has 0 aromatic heterocycles. The molecule has 1 aromatic carbocycles. The number of carbonyl (C=O) groups is 2. The van der Waals surface area contributed by atoms with Crippen LogP contribution >= 0.6 is 0 Å². The maximum atomic E-state index is 13.6. The van der Waals surface area contributed by atoms with Crippen molar-refractivity contribution in [2.24, 2.45) is 11.7 Å². The first-order valence-electron chi connectivity index (χ1n) is 9.18. The highest BCUT2D eigenvalue weighted by atomic mass is 19.1. The van der Waals surface area contributed by atoms with Crippen LogP contribution in [0.25, 0.3) is 0 Å². The van der Waals surface area contributed by atoms with Gasteiger partial charge in [0.2, 0.25) is 5.91 Å². The van der Waals surface area contributed by atoms with E-state index in [-0.39, 0.29) is 11.5 Å². The van der Waals surface area contributed by atoms with Gasteiger partial charge in [0.25, 0.3) is 5.91 Å². The third-order valence-corrected chi connectivity index (χ3v) is 4.56. The molecule has 144 valence electrons. The molecule has 2 rings (SSSR count). The van der Waals surface area contributed by atoms with Crippen molar-refractivity contribution in [1.29, 1.82) is 0 Å². The molecule has 1 aliphatic heterocycles. The Morgan fingerprint density at radius 2 is 1.85 bits per heavy atom. The highest BCUT2D eigenvalue weighted by Gasteiger charge is 2.25. The van der Waals surface area contributed by atoms with Gasteiger partial charge in [-0.2, -0.15) is 0 Å². The fourth-order valence-corrected chi connectivity index (χ4v) is 3.10. The van der Waals surface area contributed by atoms with Crippen LogP contribution in [-0.4, -0.2) is 66.9 Å². The van der Waals surface area contributed by atoms with Crippen molar-refractivity contribution in [3.05, 3.63) is 35.6 Å². The summed E-state index contributed by atoms with van der Waals surface area (Å²) in [5, 5.41) is 2.74. The molecule has 7 heteroatoms. The maximum absolute atomic E-state index is 13.6. The van der Waals surface area contributed by atoms with Crippen molar-refractivity contribution >= 4 is 11.8 Å². The van der Waals surface area contributed by atoms with Crippen molar-refractivity contribution in [3.63, 3.8) is 0 Å². The topological polar surface area (TPSA) is 78.7 Å². The summed E-state index contributed by atoms with van der Waals surface area (Å²) in [4.78, 5) is 28.3. The van der Waals surface area contributed by atoms with Crippen molar-refractivity contribution < 1.29 is 14.0 Å². The highest BCUT2D eigenvalue weighted by molar-refractivity contribution is 5.94. The van der Waals surface area contributed by atoms with E-state index in [0.717, 1.165) is 13.1 Å². The molecule has 1 atom stereocenters. The van der Waals surface area contributed by atoms with Gasteiger partial charge in [-0.05, 0) is 24.5 Å². The highest BCUT2D eigenvalue weighted by Crippen LogP contribution is 2.09. The summed E-state index contributed by atoms with van der Waals surface area (Å²) in [6.45, 7) is 8.00. The van der Waals surface area contributed by atoms with Crippen molar-refractivity contribution in [2.75, 3.05) is 39.3 Å². The molecule has 0 unspecified atom stereocenters. The Kier molecular flexibility index (Phi) is 7.53. The van der Waals surface area contributed by atoms with E-state index in [2.05, 4.69) is 24.1 Å². The number of piperazine rings is 1. The first-order valence-corrected chi connectivity index (χ1v) is 9.18. The van der Waals surface area contributed by atoms with Gasteiger partial charge < -0.3 is 16.0 Å². The van der Waals surface area contributed by atoms with Gasteiger partial charge in [0.05, 0.1) is 11.6 Å². The number of hydrogen-bond donors (Lipinski definition) is 2. The minimum atomic E-state index is -0.519. The lowest BCUT2D eigenvalue weighted by atomic mass is 10.0. The third-order valence-electron chi connectivity index (χ3n) is 4.56. The van der Waals surface area contributed by atoms with E-state index >= 15 is 0 Å². The summed E-state index contributed by atoms with van der Waals surface area (Å²) in [6.07, 6.45) is 0.696. The Hall–Kier alpha value is -1.99. The molecule has 0 bridgehead atoms. The van der Waals surface area contributed by atoms with Crippen LogP contribution in [0, 0.1) is 11.7 Å². The number of halogens is 1. The van der Waals surface area contributed by atoms with Crippen LogP contribution in [0.2, 0.25) is 0 Å². The minimum absolute atomic E-state index is 0.0196. The lowest BCUT2D eigenvalue weighted by molar-refractivity contribution is -0.134. The smallest absolute Gasteiger partial charge is 0.254 e. The number of nitrogens with zero attached hydrogens (tertiary/aromatic N) is 2. The fraction of sp³-hybridized carbons (Fsp3) is 0.579. The van der Waals surface area contributed by atoms with E-state index in [1.807, 2.05) is 4.90 Å². The Bertz CT molecular complexity index is 615. The van der Waals surface area contributed by atoms with Crippen molar-refractivity contribution in [3.8, 4) is 0 Å². The fourth-order valence-electron chi connectivity index (χ4n) is 3.10. The number of hydrogen-bond acceptors (Lipinski definition) is 4. The summed E-state index contributed by atoms with van der Waals surface area (Å²) in [7, 11) is 0. The first-order chi connectivity index (χ1) is 12.4. The average Bonchev–Trinajstić information content (AvgIpc) is 2.61. The second-order valence-electron chi connectivity index (χ2n) is 7.14. The largest absolute Gasteiger partial charge is 0.351 e. The molecule has 1 aromatic rings. The maximum Gasteiger partial charge on any atom is 0.254 e. The molecular weight excluding hydrogens is 335 g/mol. The molecule has 0 saturated carbocycles. The predicted octanol–water partition coefficient (Wildman–Crippen LogP) is 1.07. The average molecular weight is 364 g/mol. The molecule has 6 nitrogen and oxygen atoms in total. The molecule has 26 heavy (non-hydrogen) atoms. The molecule has 0 aliphatic carbocycles. The van der Waals surface area contributed by atoms with Gasteiger partial charge >= 0.3 is 0 Å². The second kappa shape index (κ2) is 9.64. The van der Waals surface area contributed by atoms with Gasteiger partial charge in [-0.3, -0.25) is 14.5 Å². The van der Waals surface area contributed by atoms with Gasteiger partial charge in [-0.25, -0.2) is 4.39 Å². The van der Waals surface area contributed by atoms with Gasteiger partial charge in [0.15, 0.2) is 0 Å². The molecule has 1 aliphatic rings. The van der Waals surface area contributed by atoms with E-state index in [4.69, 9.17) is 5.73 Å². The van der Waals surface area contributed by atoms with E-state index in [1.165, 1.54) is 12.1 Å². The predicted molar refractivity (Wildman–Crippen MR) is 99.2 cm³/mol. The van der Waals surface area contributed by atoms with Gasteiger partial charge in [-0.15, -0.1) is 0 Å². The molecular formula is C19H29FN4O2. The number of nitrogens with one attached hydrogen (secondary N) is 1. The summed E-state index contributed by atoms with van der Waals surface area (Å²) in [5.74, 6) is -0.508. The Morgan fingerprint density at radius 1 is 1.19 bits per heavy atom. The SMILES string of the molecule is CC(C)C[C@H](N)C(=O)N1CCN(CCNC(=O)c2ccccc2F)CC1. The van der Waals surface area contributed by atoms with Crippen LogP contribution in [0.4, 0.5) is 4.39 Å². The lowest BCUT2D eigenvalue weighted by Crippen LogP contribution is -2.54. The van der Waals surface area contributed by atoms with E-state index in [0.29, 0.717) is 38.5 Å². The summed E-state index contributed by atoms with van der Waals surface area (Å²) >= 11 is 0. The molecule has 1 fully saturated rings. The number of amides is 2. The van der Waals surface area contributed by atoms with Crippen LogP contribution < -0.4 is 11.1 Å². The Balaban J connectivity index is 1.70. The third kappa shape index (κ3) is 5.78. The first kappa shape index (κ1) is 20.3. The number of nitrogens with two attached hydrogens (primary N) is 1. The second-order valence-corrected chi connectivity index (χ2v) is 7.14. The lowest BCUT2D eigenvalue weighted by Gasteiger charge is -2.36. The molecule has 0 radical (unpaired) electrons. The zero-order chi connectivity index (χ0) is 19.1. The zero-order valence-electron chi connectivity index (χ0n) is 15.6. The Morgan fingerprint density at radius 3 is 2.46 bits per heavy atom. The van der Waals surface area contributed by atoms with Crippen molar-refractivity contribution in [1.82, 2.24) is 15.1 Å². The van der Waals surface area contributed by atoms with Crippen LogP contribution in [0.1, 0.15) is 30.6 Å². The molecule has 1 saturated heterocycles. The van der Waals surface area contributed by atoms with Gasteiger partial charge in [-0.1, -0.05) is 26.0 Å². The van der Waals surface area contributed by atoms with Crippen LogP contribution in [-0.2, 0) is 4.79 Å². The van der Waals surface area contributed by atoms with Crippen LogP contribution in [0.3, 0.4) is 0 Å². The normalized spacial score (nSPS) is 16.6. The monoisotopic (exact) mass is 364 g/mol. The molecule has 2 amide bonds. The number of carbonyl (C=O) groups excluding carboxylic acids is 2. The quantitative estimate of drug-likeness (QED) is 0.759. The standard InChI is InChI=1S/C19H29FN4O2/c1-14(2)13-17(21)19(26)24-11-9-23(10-12-24)8-7-22-18(25)15-5-3-4-6-16(15)20/h3-6,14,17H,7-13,21H2,1-2H3,(H,22,25)/t17-/m0/s1. The van der Waals surface area contributed by atoms with Crippen LogP contribution in [0.5, 0.6) is 0 Å². The summed E-state index contributed by atoms with van der Waals surface area (Å²) in [6, 6.07) is 5.50. The van der Waals surface area contributed by atoms with Crippen molar-refractivity contribution in [2.45, 2.75) is 26.3 Å². The minimum Gasteiger partial charge on any atom is -0.351 e. The van der Waals surface area contributed by atoms with E-state index < -0.39 is 17.8 Å². The molecule has 1 heterocycles. The van der Waals surface area contributed by atoms with Crippen LogP contribution in [0.15, 0.2) is 24.3 Å².